The number of halogens is 1. The van der Waals surface area contributed by atoms with Crippen LogP contribution in [0.5, 0.6) is 0 Å². The van der Waals surface area contributed by atoms with Gasteiger partial charge in [-0.2, -0.15) is 0 Å². The second kappa shape index (κ2) is 6.31. The van der Waals surface area contributed by atoms with Crippen LogP contribution >= 0.6 is 22.6 Å². The predicted octanol–water partition coefficient (Wildman–Crippen LogP) is 3.76. The largest absolute Gasteiger partial charge is 0.371 e. The van der Waals surface area contributed by atoms with E-state index in [0.717, 1.165) is 27.8 Å². The molecule has 1 fully saturated rings. The Morgan fingerprint density at radius 3 is 2.32 bits per heavy atom. The quantitative estimate of drug-likeness (QED) is 0.623. The summed E-state index contributed by atoms with van der Waals surface area (Å²) in [6.07, 6.45) is 8.16. The van der Waals surface area contributed by atoms with E-state index in [-0.39, 0.29) is 0 Å². The van der Waals surface area contributed by atoms with Crippen LogP contribution in [-0.4, -0.2) is 18.2 Å². The third-order valence-electron chi connectivity index (χ3n) is 4.21. The Morgan fingerprint density at radius 2 is 1.73 bits per heavy atom. The Morgan fingerprint density at radius 1 is 1.05 bits per heavy atom. The van der Waals surface area contributed by atoms with Crippen molar-refractivity contribution in [3.63, 3.8) is 0 Å². The standard InChI is InChI=1S/C19H18INO/c1-2-19(22,15-8-4-3-5-9-15)16-10-11-18(17(20)14-16)21-12-6-7-13-21/h1,3-5,8-11,14,22H,6-7,12-13H2. The number of hydrogen-bond acceptors (Lipinski definition) is 2. The minimum atomic E-state index is -1.38. The second-order valence-corrected chi connectivity index (χ2v) is 6.74. The average Bonchev–Trinajstić information content (AvgIpc) is 3.09. The zero-order valence-electron chi connectivity index (χ0n) is 12.3. The molecule has 2 aromatic carbocycles. The van der Waals surface area contributed by atoms with Crippen LogP contribution in [0.15, 0.2) is 48.5 Å². The van der Waals surface area contributed by atoms with Crippen LogP contribution in [0.3, 0.4) is 0 Å². The molecule has 2 aromatic rings. The molecule has 1 heterocycles. The molecule has 0 aliphatic carbocycles. The van der Waals surface area contributed by atoms with Gasteiger partial charge in [-0.25, -0.2) is 0 Å². The third kappa shape index (κ3) is 2.73. The Balaban J connectivity index is 2.00. The first kappa shape index (κ1) is 15.4. The van der Waals surface area contributed by atoms with Crippen LogP contribution in [-0.2, 0) is 5.60 Å². The van der Waals surface area contributed by atoms with Gasteiger partial charge >= 0.3 is 0 Å². The highest BCUT2D eigenvalue weighted by Crippen LogP contribution is 2.34. The first-order chi connectivity index (χ1) is 10.6. The fraction of sp³-hybridized carbons (Fsp3) is 0.263. The maximum atomic E-state index is 11.0. The van der Waals surface area contributed by atoms with Gasteiger partial charge in [0, 0.05) is 27.8 Å². The van der Waals surface area contributed by atoms with Crippen molar-refractivity contribution in [1.82, 2.24) is 0 Å². The third-order valence-corrected chi connectivity index (χ3v) is 5.08. The summed E-state index contributed by atoms with van der Waals surface area (Å²) in [6, 6.07) is 15.4. The molecule has 0 aromatic heterocycles. The van der Waals surface area contributed by atoms with Gasteiger partial charge in [0.15, 0.2) is 5.60 Å². The van der Waals surface area contributed by atoms with E-state index in [9.17, 15) is 5.11 Å². The second-order valence-electron chi connectivity index (χ2n) is 5.58. The van der Waals surface area contributed by atoms with Gasteiger partial charge in [0.2, 0.25) is 0 Å². The maximum absolute atomic E-state index is 11.0. The minimum Gasteiger partial charge on any atom is -0.371 e. The van der Waals surface area contributed by atoms with Gasteiger partial charge in [0.25, 0.3) is 0 Å². The first-order valence-electron chi connectivity index (χ1n) is 7.46. The summed E-state index contributed by atoms with van der Waals surface area (Å²) in [7, 11) is 0. The lowest BCUT2D eigenvalue weighted by molar-refractivity contribution is 0.145. The highest BCUT2D eigenvalue weighted by Gasteiger charge is 2.30. The fourth-order valence-electron chi connectivity index (χ4n) is 2.96. The number of anilines is 1. The van der Waals surface area contributed by atoms with E-state index in [4.69, 9.17) is 6.42 Å². The van der Waals surface area contributed by atoms with Crippen molar-refractivity contribution >= 4 is 28.3 Å². The van der Waals surface area contributed by atoms with Crippen molar-refractivity contribution in [2.24, 2.45) is 0 Å². The summed E-state index contributed by atoms with van der Waals surface area (Å²) < 4.78 is 1.13. The number of benzene rings is 2. The van der Waals surface area contributed by atoms with Crippen LogP contribution < -0.4 is 4.90 Å². The molecule has 2 nitrogen and oxygen atoms in total. The fourth-order valence-corrected chi connectivity index (χ4v) is 3.82. The number of rotatable bonds is 3. The summed E-state index contributed by atoms with van der Waals surface area (Å²) in [5, 5.41) is 11.0. The molecule has 0 spiro atoms. The van der Waals surface area contributed by atoms with Gasteiger partial charge in [-0.05, 0) is 47.6 Å². The molecule has 1 atom stereocenters. The van der Waals surface area contributed by atoms with Crippen LogP contribution in [0, 0.1) is 15.9 Å². The van der Waals surface area contributed by atoms with E-state index >= 15 is 0 Å². The van der Waals surface area contributed by atoms with Gasteiger partial charge in [0.05, 0.1) is 5.69 Å². The van der Waals surface area contributed by atoms with Crippen molar-refractivity contribution in [2.75, 3.05) is 18.0 Å². The van der Waals surface area contributed by atoms with Gasteiger partial charge in [-0.15, -0.1) is 6.42 Å². The van der Waals surface area contributed by atoms with Crippen LogP contribution in [0.2, 0.25) is 0 Å². The van der Waals surface area contributed by atoms with Crippen LogP contribution in [0.25, 0.3) is 0 Å². The van der Waals surface area contributed by atoms with Gasteiger partial charge in [-0.3, -0.25) is 0 Å². The lowest BCUT2D eigenvalue weighted by atomic mass is 9.87. The summed E-state index contributed by atoms with van der Waals surface area (Å²) in [4.78, 5) is 2.39. The molecule has 1 unspecified atom stereocenters. The molecule has 1 saturated heterocycles. The van der Waals surface area contributed by atoms with Crippen molar-refractivity contribution < 1.29 is 5.11 Å². The summed E-state index contributed by atoms with van der Waals surface area (Å²) >= 11 is 2.33. The summed E-state index contributed by atoms with van der Waals surface area (Å²) in [6.45, 7) is 2.21. The molecule has 22 heavy (non-hydrogen) atoms. The van der Waals surface area contributed by atoms with Crippen molar-refractivity contribution in [1.29, 1.82) is 0 Å². The number of terminal acetylenes is 1. The molecular weight excluding hydrogens is 385 g/mol. The van der Waals surface area contributed by atoms with E-state index in [1.165, 1.54) is 18.5 Å². The smallest absolute Gasteiger partial charge is 0.176 e. The zero-order chi connectivity index (χ0) is 15.6. The topological polar surface area (TPSA) is 23.5 Å². The average molecular weight is 403 g/mol. The van der Waals surface area contributed by atoms with Crippen LogP contribution in [0.1, 0.15) is 24.0 Å². The molecule has 3 rings (SSSR count). The molecule has 112 valence electrons. The van der Waals surface area contributed by atoms with E-state index in [1.807, 2.05) is 42.5 Å². The normalized spacial score (nSPS) is 17.0. The molecular formula is C19H18INO. The van der Waals surface area contributed by atoms with Crippen LogP contribution in [0.4, 0.5) is 5.69 Å². The monoisotopic (exact) mass is 403 g/mol. The van der Waals surface area contributed by atoms with Crippen molar-refractivity contribution in [3.8, 4) is 12.3 Å². The molecule has 0 amide bonds. The molecule has 0 bridgehead atoms. The Bertz CT molecular complexity index is 701. The number of aliphatic hydroxyl groups is 1. The molecule has 0 saturated carbocycles. The summed E-state index contributed by atoms with van der Waals surface area (Å²) in [5.41, 5.74) is 1.31. The predicted molar refractivity (Wildman–Crippen MR) is 98.9 cm³/mol. The van der Waals surface area contributed by atoms with E-state index in [2.05, 4.69) is 39.5 Å². The maximum Gasteiger partial charge on any atom is 0.176 e. The first-order valence-corrected chi connectivity index (χ1v) is 8.53. The Kier molecular flexibility index (Phi) is 4.42. The SMILES string of the molecule is C#CC(O)(c1ccccc1)c1ccc(N2CCCC2)c(I)c1. The van der Waals surface area contributed by atoms with Gasteiger partial charge in [0.1, 0.15) is 0 Å². The molecule has 3 heteroatoms. The minimum absolute atomic E-state index is 0.724. The van der Waals surface area contributed by atoms with E-state index in [0.29, 0.717) is 0 Å². The van der Waals surface area contributed by atoms with Gasteiger partial charge in [-0.1, -0.05) is 42.3 Å². The molecule has 1 aliphatic rings. The van der Waals surface area contributed by atoms with E-state index < -0.39 is 5.60 Å². The molecule has 1 N–H and O–H groups in total. The zero-order valence-corrected chi connectivity index (χ0v) is 14.5. The Labute approximate surface area is 145 Å². The lowest BCUT2D eigenvalue weighted by Crippen LogP contribution is -2.26. The Hall–Kier alpha value is -1.51. The number of nitrogens with zero attached hydrogens (tertiary/aromatic N) is 1. The highest BCUT2D eigenvalue weighted by molar-refractivity contribution is 14.1. The van der Waals surface area contributed by atoms with Crippen molar-refractivity contribution in [2.45, 2.75) is 18.4 Å². The molecule has 0 radical (unpaired) electrons. The highest BCUT2D eigenvalue weighted by atomic mass is 127. The van der Waals surface area contributed by atoms with Gasteiger partial charge < -0.3 is 10.0 Å². The van der Waals surface area contributed by atoms with E-state index in [1.54, 1.807) is 0 Å². The number of hydrogen-bond donors (Lipinski definition) is 1. The summed E-state index contributed by atoms with van der Waals surface area (Å²) in [5.74, 6) is 2.57. The van der Waals surface area contributed by atoms with Crippen molar-refractivity contribution in [3.05, 3.63) is 63.2 Å². The molecule has 1 aliphatic heterocycles. The lowest BCUT2D eigenvalue weighted by Gasteiger charge is -2.26.